The van der Waals surface area contributed by atoms with Crippen LogP contribution in [0.3, 0.4) is 0 Å². The lowest BCUT2D eigenvalue weighted by atomic mass is 9.78. The summed E-state index contributed by atoms with van der Waals surface area (Å²) in [6.07, 6.45) is 2.07. The van der Waals surface area contributed by atoms with Gasteiger partial charge < -0.3 is 5.73 Å². The van der Waals surface area contributed by atoms with E-state index in [1.807, 2.05) is 85.8 Å². The lowest BCUT2D eigenvalue weighted by Gasteiger charge is -2.39. The number of rotatable bonds is 7. The van der Waals surface area contributed by atoms with Gasteiger partial charge in [0.25, 0.3) is 0 Å². The molecule has 4 aromatic rings. The van der Waals surface area contributed by atoms with Crippen LogP contribution in [0.25, 0.3) is 0 Å². The molecule has 162 valence electrons. The number of benzene rings is 4. The lowest BCUT2D eigenvalue weighted by Crippen LogP contribution is -2.43. The van der Waals surface area contributed by atoms with E-state index in [9.17, 15) is 4.21 Å². The summed E-state index contributed by atoms with van der Waals surface area (Å²) in [6, 6.07) is 36.3. The Bertz CT molecular complexity index is 1150. The Hall–Kier alpha value is -2.66. The largest absolute Gasteiger partial charge is 0.317 e. The Labute approximate surface area is 197 Å². The van der Waals surface area contributed by atoms with Crippen LogP contribution >= 0.6 is 11.8 Å². The normalized spacial score (nSPS) is 13.5. The topological polar surface area (TPSA) is 43.1 Å². The summed E-state index contributed by atoms with van der Waals surface area (Å²) < 4.78 is 13.7. The van der Waals surface area contributed by atoms with Gasteiger partial charge >= 0.3 is 0 Å². The Kier molecular flexibility index (Phi) is 6.95. The van der Waals surface area contributed by atoms with Gasteiger partial charge in [-0.2, -0.15) is 11.8 Å². The highest BCUT2D eigenvalue weighted by molar-refractivity contribution is 7.99. The van der Waals surface area contributed by atoms with E-state index >= 15 is 0 Å². The van der Waals surface area contributed by atoms with Gasteiger partial charge in [-0.1, -0.05) is 96.6 Å². The molecular weight excluding hydrogens is 430 g/mol. The van der Waals surface area contributed by atoms with Gasteiger partial charge in [0.05, 0.1) is 21.6 Å². The van der Waals surface area contributed by atoms with E-state index < -0.39 is 16.3 Å². The number of hydrogen-bond acceptors (Lipinski definition) is 3. The second kappa shape index (κ2) is 9.86. The summed E-state index contributed by atoms with van der Waals surface area (Å²) in [5.74, 6) is 0. The van der Waals surface area contributed by atoms with Crippen LogP contribution in [0, 0.1) is 6.92 Å². The third kappa shape index (κ3) is 4.31. The van der Waals surface area contributed by atoms with Crippen LogP contribution in [0.2, 0.25) is 0 Å². The number of aryl methyl sites for hydroxylation is 1. The van der Waals surface area contributed by atoms with Crippen molar-refractivity contribution in [3.63, 3.8) is 0 Å². The minimum absolute atomic E-state index is 0.141. The van der Waals surface area contributed by atoms with Crippen molar-refractivity contribution in [3.05, 3.63) is 131 Å². The van der Waals surface area contributed by atoms with Gasteiger partial charge in [0.15, 0.2) is 0 Å². The average Bonchev–Trinajstić information content (AvgIpc) is 2.86. The van der Waals surface area contributed by atoms with Gasteiger partial charge in [-0.3, -0.25) is 0 Å². The number of thioether (sulfide) groups is 1. The van der Waals surface area contributed by atoms with Crippen LogP contribution < -0.4 is 5.73 Å². The molecule has 0 amide bonds. The van der Waals surface area contributed by atoms with Crippen molar-refractivity contribution in [3.8, 4) is 0 Å². The van der Waals surface area contributed by atoms with Crippen LogP contribution in [0.15, 0.2) is 119 Å². The first-order chi connectivity index (χ1) is 15.6. The molecule has 0 fully saturated rings. The van der Waals surface area contributed by atoms with Gasteiger partial charge in [-0.25, -0.2) is 4.21 Å². The minimum atomic E-state index is -1.31. The van der Waals surface area contributed by atoms with E-state index in [0.717, 1.165) is 32.0 Å². The fourth-order valence-electron chi connectivity index (χ4n) is 4.11. The molecule has 0 aromatic heterocycles. The minimum Gasteiger partial charge on any atom is -0.317 e. The maximum absolute atomic E-state index is 13.7. The zero-order valence-electron chi connectivity index (χ0n) is 18.3. The summed E-state index contributed by atoms with van der Waals surface area (Å²) in [5.41, 5.74) is 10.7. The predicted octanol–water partition coefficient (Wildman–Crippen LogP) is 6.47. The van der Waals surface area contributed by atoms with E-state index in [1.165, 1.54) is 0 Å². The van der Waals surface area contributed by atoms with Crippen molar-refractivity contribution in [1.82, 2.24) is 0 Å². The van der Waals surface area contributed by atoms with Gasteiger partial charge in [-0.15, -0.1) is 0 Å². The van der Waals surface area contributed by atoms with E-state index in [4.69, 9.17) is 5.73 Å². The van der Waals surface area contributed by atoms with Gasteiger partial charge in [0.2, 0.25) is 0 Å². The van der Waals surface area contributed by atoms with Crippen LogP contribution in [0.5, 0.6) is 0 Å². The second-order valence-electron chi connectivity index (χ2n) is 7.84. The van der Waals surface area contributed by atoms with E-state index in [-0.39, 0.29) is 5.25 Å². The first kappa shape index (κ1) is 22.5. The maximum atomic E-state index is 13.7. The summed E-state index contributed by atoms with van der Waals surface area (Å²) >= 11 is 1.69. The highest BCUT2D eigenvalue weighted by Crippen LogP contribution is 2.47. The molecule has 2 nitrogen and oxygen atoms in total. The maximum Gasteiger partial charge on any atom is 0.0852 e. The highest BCUT2D eigenvalue weighted by atomic mass is 32.2. The molecule has 0 aliphatic carbocycles. The molecule has 0 heterocycles. The third-order valence-corrected chi connectivity index (χ3v) is 8.36. The molecule has 0 spiro atoms. The molecule has 0 saturated heterocycles. The van der Waals surface area contributed by atoms with Crippen molar-refractivity contribution in [1.29, 1.82) is 0 Å². The van der Waals surface area contributed by atoms with Gasteiger partial charge in [-0.05, 0) is 48.1 Å². The molecule has 4 rings (SSSR count). The van der Waals surface area contributed by atoms with Gasteiger partial charge in [0.1, 0.15) is 0 Å². The number of nitrogens with two attached hydrogens (primary N) is 1. The van der Waals surface area contributed by atoms with Crippen LogP contribution in [-0.2, 0) is 16.3 Å². The Morgan fingerprint density at radius 2 is 1.25 bits per heavy atom. The summed E-state index contributed by atoms with van der Waals surface area (Å²) in [5, 5.41) is -0.141. The first-order valence-electron chi connectivity index (χ1n) is 10.6. The Balaban J connectivity index is 1.89. The fourth-order valence-corrected chi connectivity index (χ4v) is 6.53. The van der Waals surface area contributed by atoms with Crippen molar-refractivity contribution in [2.45, 2.75) is 27.5 Å². The summed E-state index contributed by atoms with van der Waals surface area (Å²) in [4.78, 5) is 1.60. The molecular formula is C28H27NOS2. The smallest absolute Gasteiger partial charge is 0.0852 e. The number of hydrogen-bond donors (Lipinski definition) is 1. The third-order valence-electron chi connectivity index (χ3n) is 5.79. The quantitative estimate of drug-likeness (QED) is 0.346. The Morgan fingerprint density at radius 3 is 1.78 bits per heavy atom. The molecule has 0 saturated carbocycles. The zero-order valence-corrected chi connectivity index (χ0v) is 19.9. The fraction of sp³-hybridized carbons (Fsp3) is 0.143. The van der Waals surface area contributed by atoms with Crippen LogP contribution in [-0.4, -0.2) is 10.5 Å². The molecule has 0 aliphatic heterocycles. The molecule has 0 aliphatic rings. The van der Waals surface area contributed by atoms with Crippen LogP contribution in [0.1, 0.15) is 27.5 Å². The van der Waals surface area contributed by atoms with Crippen molar-refractivity contribution >= 4 is 22.6 Å². The van der Waals surface area contributed by atoms with Crippen molar-refractivity contribution < 1.29 is 4.21 Å². The molecule has 0 radical (unpaired) electrons. The average molecular weight is 458 g/mol. The van der Waals surface area contributed by atoms with E-state index in [1.54, 1.807) is 11.8 Å². The Morgan fingerprint density at radius 1 is 0.750 bits per heavy atom. The SMILES string of the molecule is CS[C@@H](c1ccccc1[S@@](=O)c1ccc(C)cc1)C(N)(c1ccccc1)c1ccccc1. The molecule has 32 heavy (non-hydrogen) atoms. The second-order valence-corrected chi connectivity index (χ2v) is 10.2. The summed E-state index contributed by atoms with van der Waals surface area (Å²) in [7, 11) is -1.31. The van der Waals surface area contributed by atoms with Gasteiger partial charge in [0, 0.05) is 9.79 Å². The zero-order chi connectivity index (χ0) is 22.6. The standard InChI is InChI=1S/C28H27NOS2/c1-21-17-19-24(20-18-21)32(30)26-16-10-9-15-25(26)27(31-2)28(29,22-11-5-3-6-12-22)23-13-7-4-8-14-23/h3-20,27H,29H2,1-2H3/t27-,32-/m0/s1. The molecule has 0 unspecified atom stereocenters. The predicted molar refractivity (Wildman–Crippen MR) is 136 cm³/mol. The van der Waals surface area contributed by atoms with Crippen LogP contribution in [0.4, 0.5) is 0 Å². The molecule has 2 N–H and O–H groups in total. The molecule has 2 atom stereocenters. The lowest BCUT2D eigenvalue weighted by molar-refractivity contribution is 0.519. The first-order valence-corrected chi connectivity index (χ1v) is 13.0. The molecule has 4 aromatic carbocycles. The summed E-state index contributed by atoms with van der Waals surface area (Å²) in [6.45, 7) is 2.03. The molecule has 0 bridgehead atoms. The highest BCUT2D eigenvalue weighted by Gasteiger charge is 2.40. The molecule has 4 heteroatoms. The van der Waals surface area contributed by atoms with Crippen molar-refractivity contribution in [2.75, 3.05) is 6.26 Å². The van der Waals surface area contributed by atoms with E-state index in [0.29, 0.717) is 0 Å². The van der Waals surface area contributed by atoms with E-state index in [2.05, 4.69) is 36.6 Å². The van der Waals surface area contributed by atoms with Crippen molar-refractivity contribution in [2.24, 2.45) is 5.73 Å². The monoisotopic (exact) mass is 457 g/mol.